The molecule has 2 aromatic carbocycles. The summed E-state index contributed by atoms with van der Waals surface area (Å²) in [5, 5.41) is 11.8. The van der Waals surface area contributed by atoms with Gasteiger partial charge in [0.2, 0.25) is 0 Å². The lowest BCUT2D eigenvalue weighted by Crippen LogP contribution is -1.97. The number of benzene rings is 2. The molecule has 84 valence electrons. The molecule has 0 saturated carbocycles. The lowest BCUT2D eigenvalue weighted by Gasteiger charge is -2.09. The molecule has 2 rings (SSSR count). The zero-order valence-corrected chi connectivity index (χ0v) is 9.74. The first-order valence-corrected chi connectivity index (χ1v) is 5.60. The van der Waals surface area contributed by atoms with Crippen LogP contribution in [0.2, 0.25) is 0 Å². The lowest BCUT2D eigenvalue weighted by atomic mass is 10.0. The van der Waals surface area contributed by atoms with Crippen molar-refractivity contribution in [1.29, 1.82) is 0 Å². The Balaban J connectivity index is 2.47. The van der Waals surface area contributed by atoms with Gasteiger partial charge < -0.3 is 9.84 Å². The predicted molar refractivity (Wildman–Crippen MR) is 66.2 cm³/mol. The Morgan fingerprint density at radius 2 is 1.88 bits per heavy atom. The minimum Gasteiger partial charge on any atom is -0.497 e. The molecule has 0 aliphatic carbocycles. The van der Waals surface area contributed by atoms with Gasteiger partial charge in [-0.05, 0) is 34.5 Å². The Hall–Kier alpha value is -1.25. The number of rotatable bonds is 3. The number of halogens is 1. The first kappa shape index (κ1) is 11.2. The van der Waals surface area contributed by atoms with Crippen LogP contribution in [0.15, 0.2) is 36.4 Å². The van der Waals surface area contributed by atoms with Crippen molar-refractivity contribution in [3.05, 3.63) is 42.0 Å². The third-order valence-corrected chi connectivity index (χ3v) is 2.89. The van der Waals surface area contributed by atoms with Gasteiger partial charge in [-0.15, -0.1) is 11.6 Å². The number of aliphatic hydroxyl groups excluding tert-OH is 1. The Morgan fingerprint density at radius 1 is 1.19 bits per heavy atom. The van der Waals surface area contributed by atoms with E-state index in [9.17, 15) is 5.11 Å². The van der Waals surface area contributed by atoms with E-state index in [-0.39, 0.29) is 5.88 Å². The van der Waals surface area contributed by atoms with Gasteiger partial charge >= 0.3 is 0 Å². The number of aliphatic hydroxyl groups is 1. The van der Waals surface area contributed by atoms with Gasteiger partial charge in [0.1, 0.15) is 5.75 Å². The van der Waals surface area contributed by atoms with Crippen LogP contribution in [-0.4, -0.2) is 18.1 Å². The molecule has 0 spiro atoms. The summed E-state index contributed by atoms with van der Waals surface area (Å²) in [6.07, 6.45) is -0.604. The fourth-order valence-corrected chi connectivity index (χ4v) is 1.84. The Morgan fingerprint density at radius 3 is 2.56 bits per heavy atom. The molecule has 1 N–H and O–H groups in total. The highest BCUT2D eigenvalue weighted by atomic mass is 35.5. The molecule has 1 atom stereocenters. The molecule has 0 aliphatic rings. The van der Waals surface area contributed by atoms with Crippen molar-refractivity contribution in [1.82, 2.24) is 0 Å². The molecule has 2 nitrogen and oxygen atoms in total. The molecule has 3 heteroatoms. The number of alkyl halides is 1. The summed E-state index contributed by atoms with van der Waals surface area (Å²) in [5.74, 6) is 1.04. The third-order valence-electron chi connectivity index (χ3n) is 2.60. The summed E-state index contributed by atoms with van der Waals surface area (Å²) >= 11 is 5.62. The van der Waals surface area contributed by atoms with Crippen molar-refractivity contribution in [2.45, 2.75) is 6.10 Å². The van der Waals surface area contributed by atoms with E-state index in [0.29, 0.717) is 0 Å². The molecule has 0 radical (unpaired) electrons. The van der Waals surface area contributed by atoms with Crippen molar-refractivity contribution < 1.29 is 9.84 Å². The minimum atomic E-state index is -0.604. The second kappa shape index (κ2) is 4.73. The topological polar surface area (TPSA) is 29.5 Å². The van der Waals surface area contributed by atoms with Crippen LogP contribution in [0.5, 0.6) is 5.75 Å². The summed E-state index contributed by atoms with van der Waals surface area (Å²) in [6, 6.07) is 11.6. The van der Waals surface area contributed by atoms with Crippen molar-refractivity contribution >= 4 is 22.4 Å². The number of ether oxygens (including phenoxy) is 1. The zero-order chi connectivity index (χ0) is 11.5. The Labute approximate surface area is 99.4 Å². The smallest absolute Gasteiger partial charge is 0.119 e. The van der Waals surface area contributed by atoms with Crippen LogP contribution in [0.1, 0.15) is 11.7 Å². The normalized spacial score (nSPS) is 12.7. The molecule has 0 unspecified atom stereocenters. The predicted octanol–water partition coefficient (Wildman–Crippen LogP) is 3.12. The average Bonchev–Trinajstić information content (AvgIpc) is 2.36. The number of hydrogen-bond acceptors (Lipinski definition) is 2. The molecule has 0 bridgehead atoms. The van der Waals surface area contributed by atoms with Gasteiger partial charge in [-0.2, -0.15) is 0 Å². The molecular weight excluding hydrogens is 224 g/mol. The lowest BCUT2D eigenvalue weighted by molar-refractivity contribution is 0.203. The highest BCUT2D eigenvalue weighted by Gasteiger charge is 2.06. The van der Waals surface area contributed by atoms with Crippen molar-refractivity contribution in [3.63, 3.8) is 0 Å². The van der Waals surface area contributed by atoms with E-state index < -0.39 is 6.10 Å². The fraction of sp³-hybridized carbons (Fsp3) is 0.231. The van der Waals surface area contributed by atoms with E-state index in [1.165, 1.54) is 0 Å². The maximum atomic E-state index is 9.63. The van der Waals surface area contributed by atoms with Gasteiger partial charge in [-0.3, -0.25) is 0 Å². The molecular formula is C13H13ClO2. The quantitative estimate of drug-likeness (QED) is 0.830. The van der Waals surface area contributed by atoms with Crippen molar-refractivity contribution in [2.75, 3.05) is 13.0 Å². The Bertz CT molecular complexity index is 496. The van der Waals surface area contributed by atoms with E-state index in [1.54, 1.807) is 7.11 Å². The third kappa shape index (κ3) is 2.13. The second-order valence-corrected chi connectivity index (χ2v) is 3.95. The number of fused-ring (bicyclic) bond motifs is 1. The molecule has 16 heavy (non-hydrogen) atoms. The molecule has 0 aliphatic heterocycles. The highest BCUT2D eigenvalue weighted by Crippen LogP contribution is 2.24. The zero-order valence-electron chi connectivity index (χ0n) is 8.98. The monoisotopic (exact) mass is 236 g/mol. The van der Waals surface area contributed by atoms with Crippen LogP contribution in [0.3, 0.4) is 0 Å². The van der Waals surface area contributed by atoms with E-state index in [2.05, 4.69) is 0 Å². The van der Waals surface area contributed by atoms with E-state index in [1.807, 2.05) is 36.4 Å². The van der Waals surface area contributed by atoms with Crippen LogP contribution < -0.4 is 4.74 Å². The Kier molecular flexibility index (Phi) is 3.32. The summed E-state index contributed by atoms with van der Waals surface area (Å²) in [4.78, 5) is 0. The van der Waals surface area contributed by atoms with Crippen molar-refractivity contribution in [3.8, 4) is 5.75 Å². The summed E-state index contributed by atoms with van der Waals surface area (Å²) in [6.45, 7) is 0. The first-order chi connectivity index (χ1) is 7.74. The van der Waals surface area contributed by atoms with Gasteiger partial charge in [0.25, 0.3) is 0 Å². The molecule has 0 aromatic heterocycles. The van der Waals surface area contributed by atoms with Crippen LogP contribution in [0.4, 0.5) is 0 Å². The maximum absolute atomic E-state index is 9.63. The minimum absolute atomic E-state index is 0.210. The molecule has 0 heterocycles. The van der Waals surface area contributed by atoms with Crippen LogP contribution in [0, 0.1) is 0 Å². The molecule has 0 saturated heterocycles. The molecule has 0 amide bonds. The number of hydrogen-bond donors (Lipinski definition) is 1. The fourth-order valence-electron chi connectivity index (χ4n) is 1.67. The highest BCUT2D eigenvalue weighted by molar-refractivity contribution is 6.18. The van der Waals surface area contributed by atoms with Gasteiger partial charge in [-0.25, -0.2) is 0 Å². The summed E-state index contributed by atoms with van der Waals surface area (Å²) < 4.78 is 5.15. The van der Waals surface area contributed by atoms with E-state index in [4.69, 9.17) is 16.3 Å². The van der Waals surface area contributed by atoms with Crippen molar-refractivity contribution in [2.24, 2.45) is 0 Å². The van der Waals surface area contributed by atoms with Gasteiger partial charge in [0, 0.05) is 0 Å². The van der Waals surface area contributed by atoms with Gasteiger partial charge in [-0.1, -0.05) is 18.2 Å². The standard InChI is InChI=1S/C13H13ClO2/c1-16-12-5-4-9-6-11(13(15)8-14)3-2-10(9)7-12/h2-7,13,15H,8H2,1H3/t13-/m0/s1. The first-order valence-electron chi connectivity index (χ1n) is 5.06. The summed E-state index contributed by atoms with van der Waals surface area (Å²) in [7, 11) is 1.65. The largest absolute Gasteiger partial charge is 0.497 e. The molecule has 2 aromatic rings. The molecule has 0 fully saturated rings. The van der Waals surface area contributed by atoms with Crippen LogP contribution in [-0.2, 0) is 0 Å². The van der Waals surface area contributed by atoms with Gasteiger partial charge in [0.15, 0.2) is 0 Å². The SMILES string of the molecule is COc1ccc2cc([C@@H](O)CCl)ccc2c1. The average molecular weight is 237 g/mol. The second-order valence-electron chi connectivity index (χ2n) is 3.64. The van der Waals surface area contributed by atoms with E-state index >= 15 is 0 Å². The van der Waals surface area contributed by atoms with Crippen LogP contribution in [0.25, 0.3) is 10.8 Å². The number of methoxy groups -OCH3 is 1. The van der Waals surface area contributed by atoms with Crippen LogP contribution >= 0.6 is 11.6 Å². The van der Waals surface area contributed by atoms with Gasteiger partial charge in [0.05, 0.1) is 19.1 Å². The maximum Gasteiger partial charge on any atom is 0.119 e. The summed E-state index contributed by atoms with van der Waals surface area (Å²) in [5.41, 5.74) is 0.840. The van der Waals surface area contributed by atoms with E-state index in [0.717, 1.165) is 22.1 Å².